The summed E-state index contributed by atoms with van der Waals surface area (Å²) < 4.78 is 20.8. The van der Waals surface area contributed by atoms with Crippen LogP contribution < -0.4 is 10.1 Å². The fourth-order valence-electron chi connectivity index (χ4n) is 6.08. The molecule has 6 rings (SSSR count). The molecule has 1 aliphatic carbocycles. The van der Waals surface area contributed by atoms with Crippen molar-refractivity contribution in [1.29, 1.82) is 0 Å². The number of fused-ring (bicyclic) bond motifs is 2. The minimum atomic E-state index is -1.13. The number of hydrogen-bond acceptors (Lipinski definition) is 6. The van der Waals surface area contributed by atoms with E-state index in [0.29, 0.717) is 19.3 Å². The number of nitrogens with zero attached hydrogens (tertiary/aromatic N) is 3. The quantitative estimate of drug-likeness (QED) is 0.252. The number of para-hydroxylation sites is 2. The van der Waals surface area contributed by atoms with E-state index >= 15 is 0 Å². The zero-order valence-corrected chi connectivity index (χ0v) is 25.0. The van der Waals surface area contributed by atoms with Crippen molar-refractivity contribution in [3.8, 4) is 5.75 Å². The van der Waals surface area contributed by atoms with Crippen LogP contribution in [0.1, 0.15) is 49.5 Å². The maximum absolute atomic E-state index is 6.28. The van der Waals surface area contributed by atoms with Gasteiger partial charge in [-0.25, -0.2) is 4.98 Å². The summed E-state index contributed by atoms with van der Waals surface area (Å²) in [5.41, 5.74) is 4.50. The van der Waals surface area contributed by atoms with Gasteiger partial charge in [0.15, 0.2) is 0 Å². The normalized spacial score (nSPS) is 24.3. The minimum absolute atomic E-state index is 0.0937. The van der Waals surface area contributed by atoms with Gasteiger partial charge in [0.1, 0.15) is 30.4 Å². The van der Waals surface area contributed by atoms with Crippen LogP contribution in [0.3, 0.4) is 0 Å². The number of hydrogen-bond donors (Lipinski definition) is 1. The van der Waals surface area contributed by atoms with E-state index in [1.54, 1.807) is 0 Å². The van der Waals surface area contributed by atoms with Crippen LogP contribution in [0.2, 0.25) is 25.7 Å². The van der Waals surface area contributed by atoms with E-state index in [1.165, 1.54) is 36.7 Å². The van der Waals surface area contributed by atoms with Crippen molar-refractivity contribution in [3.05, 3.63) is 53.9 Å². The van der Waals surface area contributed by atoms with E-state index in [4.69, 9.17) is 19.2 Å². The summed E-state index contributed by atoms with van der Waals surface area (Å²) in [4.78, 5) is 7.83. The fraction of sp³-hybridized carbons (Fsp3) is 0.581. The molecule has 3 aliphatic rings. The van der Waals surface area contributed by atoms with E-state index < -0.39 is 8.07 Å². The largest absolute Gasteiger partial charge is 0.491 e. The standard InChI is InChI=1S/C31H44N4O3Si/c1-22-19-34(15-16-37-22)27-20-38-28-14-6-5-11-24(28)29(27)32-25-12-8-13-26-30(25)33-31(23-9-7-10-23)35(26)21-36-17-18-39(2,3)4/h5-6,8,11-14,22-23,27,29,32H,7,9-10,15-21H2,1-4H3/t22-,27+,29+/m1/s1. The van der Waals surface area contributed by atoms with Crippen molar-refractivity contribution in [3.63, 3.8) is 0 Å². The maximum atomic E-state index is 6.28. The predicted octanol–water partition coefficient (Wildman–Crippen LogP) is 6.25. The molecule has 1 aromatic heterocycles. The fourth-order valence-corrected chi connectivity index (χ4v) is 6.84. The van der Waals surface area contributed by atoms with E-state index in [9.17, 15) is 0 Å². The van der Waals surface area contributed by atoms with E-state index in [2.05, 4.69) is 83.8 Å². The highest BCUT2D eigenvalue weighted by atomic mass is 28.3. The smallest absolute Gasteiger partial charge is 0.124 e. The van der Waals surface area contributed by atoms with Gasteiger partial charge in [-0.2, -0.15) is 0 Å². The zero-order chi connectivity index (χ0) is 27.0. The first-order valence-electron chi connectivity index (χ1n) is 14.8. The Morgan fingerprint density at radius 2 is 1.95 bits per heavy atom. The number of rotatable bonds is 9. The maximum Gasteiger partial charge on any atom is 0.124 e. The lowest BCUT2D eigenvalue weighted by Gasteiger charge is -2.44. The molecule has 3 heterocycles. The molecule has 0 bridgehead atoms. The average Bonchev–Trinajstić information content (AvgIpc) is 3.24. The molecular formula is C31H44N4O3Si. The number of aromatic nitrogens is 2. The topological polar surface area (TPSA) is 60.8 Å². The lowest BCUT2D eigenvalue weighted by molar-refractivity contribution is -0.0465. The van der Waals surface area contributed by atoms with Crippen LogP contribution in [0.5, 0.6) is 5.75 Å². The van der Waals surface area contributed by atoms with Crippen molar-refractivity contribution < 1.29 is 14.2 Å². The molecule has 210 valence electrons. The predicted molar refractivity (Wildman–Crippen MR) is 160 cm³/mol. The highest BCUT2D eigenvalue weighted by Crippen LogP contribution is 2.41. The van der Waals surface area contributed by atoms with Gasteiger partial charge in [0, 0.05) is 39.3 Å². The van der Waals surface area contributed by atoms with Crippen molar-refractivity contribution in [1.82, 2.24) is 14.5 Å². The molecule has 0 amide bonds. The van der Waals surface area contributed by atoms with Gasteiger partial charge >= 0.3 is 0 Å². The molecular weight excluding hydrogens is 504 g/mol. The highest BCUT2D eigenvalue weighted by molar-refractivity contribution is 6.76. The minimum Gasteiger partial charge on any atom is -0.491 e. The van der Waals surface area contributed by atoms with Crippen molar-refractivity contribution in [2.45, 2.75) is 82.7 Å². The molecule has 0 unspecified atom stereocenters. The highest BCUT2D eigenvalue weighted by Gasteiger charge is 2.37. The molecule has 0 radical (unpaired) electrons. The Kier molecular flexibility index (Phi) is 7.72. The molecule has 2 aromatic carbocycles. The van der Waals surface area contributed by atoms with Gasteiger partial charge in [-0.3, -0.25) is 4.90 Å². The molecule has 2 aliphatic heterocycles. The Morgan fingerprint density at radius 1 is 1.10 bits per heavy atom. The van der Waals surface area contributed by atoms with Crippen LogP contribution in [0, 0.1) is 0 Å². The number of imidazole rings is 1. The summed E-state index contributed by atoms with van der Waals surface area (Å²) >= 11 is 0. The first kappa shape index (κ1) is 26.8. The third-order valence-electron chi connectivity index (χ3n) is 8.60. The van der Waals surface area contributed by atoms with Gasteiger partial charge in [-0.1, -0.05) is 50.3 Å². The molecule has 2 fully saturated rings. The Bertz CT molecular complexity index is 1280. The summed E-state index contributed by atoms with van der Waals surface area (Å²) in [6.45, 7) is 14.0. The summed E-state index contributed by atoms with van der Waals surface area (Å²) in [7, 11) is -1.13. The second-order valence-corrected chi connectivity index (χ2v) is 18.4. The summed E-state index contributed by atoms with van der Waals surface area (Å²) in [5.74, 6) is 2.68. The molecule has 39 heavy (non-hydrogen) atoms. The Morgan fingerprint density at radius 3 is 2.72 bits per heavy atom. The van der Waals surface area contributed by atoms with Crippen molar-refractivity contribution >= 4 is 24.8 Å². The summed E-state index contributed by atoms with van der Waals surface area (Å²) in [6, 6.07) is 16.5. The number of ether oxygens (including phenoxy) is 3. The lowest BCUT2D eigenvalue weighted by atomic mass is 9.85. The van der Waals surface area contributed by atoms with Crippen LogP contribution >= 0.6 is 0 Å². The molecule has 0 spiro atoms. The Balaban J connectivity index is 1.33. The summed E-state index contributed by atoms with van der Waals surface area (Å²) in [6.07, 6.45) is 3.94. The van der Waals surface area contributed by atoms with Crippen LogP contribution in [0.4, 0.5) is 5.69 Å². The number of morpholine rings is 1. The molecule has 1 N–H and O–H groups in total. The van der Waals surface area contributed by atoms with Gasteiger partial charge in [-0.15, -0.1) is 0 Å². The third kappa shape index (κ3) is 5.75. The Labute approximate surface area is 233 Å². The average molecular weight is 549 g/mol. The van der Waals surface area contributed by atoms with Crippen LogP contribution in [-0.2, 0) is 16.2 Å². The number of nitrogens with one attached hydrogen (secondary N) is 1. The van der Waals surface area contributed by atoms with Gasteiger partial charge < -0.3 is 24.1 Å². The molecule has 3 aromatic rings. The van der Waals surface area contributed by atoms with Crippen LogP contribution in [0.15, 0.2) is 42.5 Å². The second-order valence-electron chi connectivity index (χ2n) is 12.8. The number of anilines is 1. The zero-order valence-electron chi connectivity index (χ0n) is 24.0. The van der Waals surface area contributed by atoms with E-state index in [0.717, 1.165) is 48.8 Å². The van der Waals surface area contributed by atoms with Gasteiger partial charge in [0.05, 0.1) is 36.0 Å². The van der Waals surface area contributed by atoms with Gasteiger partial charge in [0.2, 0.25) is 0 Å². The first-order chi connectivity index (χ1) is 18.9. The van der Waals surface area contributed by atoms with Gasteiger partial charge in [0.25, 0.3) is 0 Å². The molecule has 3 atom stereocenters. The van der Waals surface area contributed by atoms with Crippen LogP contribution in [0.25, 0.3) is 11.0 Å². The SMILES string of the molecule is C[C@@H]1CN([C@H]2COc3ccccc3[C@@H]2Nc2cccc3c2nc(C2CCC2)n3COCC[Si](C)(C)C)CCO1. The van der Waals surface area contributed by atoms with Crippen molar-refractivity contribution in [2.75, 3.05) is 38.2 Å². The molecule has 1 saturated carbocycles. The molecule has 1 saturated heterocycles. The van der Waals surface area contributed by atoms with E-state index in [-0.39, 0.29) is 18.2 Å². The summed E-state index contributed by atoms with van der Waals surface area (Å²) in [5, 5.41) is 3.97. The second kappa shape index (κ2) is 11.2. The molecule has 7 nitrogen and oxygen atoms in total. The third-order valence-corrected chi connectivity index (χ3v) is 10.3. The monoisotopic (exact) mass is 548 g/mol. The number of benzene rings is 2. The van der Waals surface area contributed by atoms with Crippen molar-refractivity contribution in [2.24, 2.45) is 0 Å². The molecule has 8 heteroatoms. The van der Waals surface area contributed by atoms with Gasteiger partial charge in [-0.05, 0) is 44.0 Å². The lowest BCUT2D eigenvalue weighted by Crippen LogP contribution is -2.54. The van der Waals surface area contributed by atoms with Crippen LogP contribution in [-0.4, -0.2) is 67.6 Å². The van der Waals surface area contributed by atoms with E-state index in [1.807, 2.05) is 0 Å². The Hall–Kier alpha value is -2.39. The first-order valence-corrected chi connectivity index (χ1v) is 18.5.